The van der Waals surface area contributed by atoms with E-state index in [-0.39, 0.29) is 24.7 Å². The summed E-state index contributed by atoms with van der Waals surface area (Å²) in [4.78, 5) is 0. The molecule has 44 heavy (non-hydrogen) atoms. The lowest BCUT2D eigenvalue weighted by atomic mass is 9.73. The summed E-state index contributed by atoms with van der Waals surface area (Å²) in [5.41, 5.74) is -7.28. The van der Waals surface area contributed by atoms with Gasteiger partial charge in [-0.1, -0.05) is 24.3 Å². The van der Waals surface area contributed by atoms with E-state index in [0.717, 1.165) is 36.4 Å². The van der Waals surface area contributed by atoms with Crippen LogP contribution in [-0.2, 0) is 11.6 Å². The quantitative estimate of drug-likeness (QED) is 0.0994. The number of hydrogen-bond donors (Lipinski definition) is 3. The fraction of sp³-hybridized carbons (Fsp3) is 0.286. The van der Waals surface area contributed by atoms with Crippen LogP contribution in [0, 0.1) is 0 Å². The van der Waals surface area contributed by atoms with Gasteiger partial charge in [0.05, 0.1) is 27.3 Å². The van der Waals surface area contributed by atoms with Crippen molar-refractivity contribution < 1.29 is 54.1 Å². The highest BCUT2D eigenvalue weighted by molar-refractivity contribution is 8.21. The highest BCUT2D eigenvalue weighted by Gasteiger charge is 2.72. The van der Waals surface area contributed by atoms with E-state index in [1.807, 2.05) is 0 Å². The van der Waals surface area contributed by atoms with Gasteiger partial charge in [0, 0.05) is 11.5 Å². The minimum atomic E-state index is -5.76. The second kappa shape index (κ2) is 14.8. The lowest BCUT2D eigenvalue weighted by molar-refractivity contribution is -0.288. The summed E-state index contributed by atoms with van der Waals surface area (Å²) in [6, 6.07) is 10.4. The molecule has 3 nitrogen and oxygen atoms in total. The first-order valence-electron chi connectivity index (χ1n) is 12.3. The van der Waals surface area contributed by atoms with E-state index in [2.05, 4.69) is 25.3 Å². The van der Waals surface area contributed by atoms with Crippen LogP contribution in [0.3, 0.4) is 0 Å². The van der Waals surface area contributed by atoms with Crippen LogP contribution in [-0.4, -0.2) is 42.2 Å². The normalized spacial score (nSPS) is 13.4. The maximum atomic E-state index is 14.2. The van der Waals surface area contributed by atoms with Gasteiger partial charge < -0.3 is 14.6 Å². The summed E-state index contributed by atoms with van der Waals surface area (Å²) >= 11 is 11.2. The predicted molar refractivity (Wildman–Crippen MR) is 160 cm³/mol. The summed E-state index contributed by atoms with van der Waals surface area (Å²) in [5, 5.41) is 9.39. The molecule has 0 fully saturated rings. The van der Waals surface area contributed by atoms with Crippen molar-refractivity contribution in [2.24, 2.45) is 0 Å². The van der Waals surface area contributed by atoms with Gasteiger partial charge >= 0.3 is 18.5 Å². The Hall–Kier alpha value is -2.43. The van der Waals surface area contributed by atoms with E-state index in [0.29, 0.717) is 44.2 Å². The summed E-state index contributed by atoms with van der Waals surface area (Å²) in [5.74, 6) is 0.563. The van der Waals surface area contributed by atoms with Crippen molar-refractivity contribution in [1.29, 1.82) is 0 Å². The van der Waals surface area contributed by atoms with Crippen molar-refractivity contribution in [2.75, 3.05) is 24.7 Å². The molecule has 0 aliphatic heterocycles. The summed E-state index contributed by atoms with van der Waals surface area (Å²) in [7, 11) is 0. The van der Waals surface area contributed by atoms with Gasteiger partial charge in [-0.25, -0.2) is 0 Å². The van der Waals surface area contributed by atoms with E-state index < -0.39 is 46.4 Å². The average molecular weight is 707 g/mol. The maximum Gasteiger partial charge on any atom is 0.416 e. The minimum absolute atomic E-state index is 0.0402. The van der Waals surface area contributed by atoms with Crippen molar-refractivity contribution in [3.8, 4) is 17.2 Å². The van der Waals surface area contributed by atoms with Crippen molar-refractivity contribution in [1.82, 2.24) is 0 Å². The molecule has 0 saturated heterocycles. The first-order valence-corrected chi connectivity index (χ1v) is 15.2. The van der Waals surface area contributed by atoms with Crippen LogP contribution in [0.5, 0.6) is 17.2 Å². The van der Waals surface area contributed by atoms with Crippen LogP contribution in [0.25, 0.3) is 0 Å². The van der Waals surface area contributed by atoms with E-state index in [1.165, 1.54) is 35.7 Å². The second-order valence-electron chi connectivity index (χ2n) is 8.84. The highest BCUT2D eigenvalue weighted by Crippen LogP contribution is 2.56. The van der Waals surface area contributed by atoms with Gasteiger partial charge in [-0.2, -0.15) is 39.5 Å². The van der Waals surface area contributed by atoms with Crippen LogP contribution in [0.4, 0.5) is 39.5 Å². The van der Waals surface area contributed by atoms with Crippen LogP contribution >= 0.6 is 48.8 Å². The lowest BCUT2D eigenvalue weighted by Gasteiger charge is -2.38. The smallest absolute Gasteiger partial charge is 0.416 e. The van der Waals surface area contributed by atoms with Gasteiger partial charge in [-0.05, 0) is 59.7 Å². The molecule has 0 unspecified atom stereocenters. The number of thioether (sulfide) groups is 2. The van der Waals surface area contributed by atoms with Crippen molar-refractivity contribution in [3.63, 3.8) is 0 Å². The number of halogens is 9. The molecule has 3 aromatic carbocycles. The molecule has 1 N–H and O–H groups in total. The monoisotopic (exact) mass is 706 g/mol. The van der Waals surface area contributed by atoms with Gasteiger partial charge in [0.2, 0.25) is 5.41 Å². The van der Waals surface area contributed by atoms with Crippen molar-refractivity contribution >= 4 is 48.8 Å². The van der Waals surface area contributed by atoms with Crippen LogP contribution in [0.1, 0.15) is 16.7 Å². The minimum Gasteiger partial charge on any atom is -0.508 e. The lowest BCUT2D eigenvalue weighted by Crippen LogP contribution is -2.54. The fourth-order valence-electron chi connectivity index (χ4n) is 3.95. The Kier molecular flexibility index (Phi) is 12.1. The second-order valence-corrected chi connectivity index (χ2v) is 12.6. The van der Waals surface area contributed by atoms with Crippen LogP contribution < -0.4 is 9.47 Å². The largest absolute Gasteiger partial charge is 0.508 e. The number of phenolic OH excluding ortho intramolecular Hbond substituents is 1. The molecular formula is C28H23F9O3S4. The zero-order valence-electron chi connectivity index (χ0n) is 22.1. The number of ether oxygens (including phenoxy) is 2. The average Bonchev–Trinajstić information content (AvgIpc) is 2.93. The Balaban J connectivity index is 1.54. The van der Waals surface area contributed by atoms with Gasteiger partial charge in [0.1, 0.15) is 17.2 Å². The van der Waals surface area contributed by atoms with E-state index in [9.17, 15) is 44.6 Å². The third-order valence-corrected chi connectivity index (χ3v) is 9.51. The number of rotatable bonds is 12. The molecule has 0 bridgehead atoms. The molecule has 0 aromatic heterocycles. The molecule has 0 spiro atoms. The number of alkyl halides is 9. The first kappa shape index (κ1) is 36.0. The molecule has 0 amide bonds. The molecular weight excluding hydrogens is 684 g/mol. The Morgan fingerprint density at radius 3 is 1.25 bits per heavy atom. The number of benzene rings is 3. The first-order chi connectivity index (χ1) is 20.5. The standard InChI is InChI=1S/C28H23F9O3S4/c29-26(30,31)19-5-11-22(12-6-19)40-14-16-44-24(42)23(41)43-15-13-39-21-9-3-18(4-10-21)25(27(32,33)34,28(35,36)37)17-1-7-20(38)8-2-17/h1-12,38,41-42H,13-16H2/b24-23-. The molecule has 3 aromatic rings. The fourth-order valence-corrected chi connectivity index (χ4v) is 6.21. The number of thiol groups is 2. The molecule has 0 atom stereocenters. The van der Waals surface area contributed by atoms with Gasteiger partial charge in [-0.3, -0.25) is 0 Å². The zero-order chi connectivity index (χ0) is 32.8. The maximum absolute atomic E-state index is 14.2. The molecule has 240 valence electrons. The topological polar surface area (TPSA) is 38.7 Å². The SMILES string of the molecule is Oc1ccc(C(c2ccc(OCCS/C(S)=C(/S)SCCOc3ccc(C(F)(F)F)cc3)cc2)(C(F)(F)F)C(F)(F)F)cc1. The molecule has 3 rings (SSSR count). The van der Waals surface area contributed by atoms with E-state index >= 15 is 0 Å². The van der Waals surface area contributed by atoms with Gasteiger partial charge in [0.25, 0.3) is 0 Å². The molecule has 0 aliphatic rings. The van der Waals surface area contributed by atoms with Crippen LogP contribution in [0.15, 0.2) is 81.3 Å². The molecule has 16 heteroatoms. The number of aromatic hydroxyl groups is 1. The number of phenols is 1. The molecule has 0 radical (unpaired) electrons. The summed E-state index contributed by atoms with van der Waals surface area (Å²) < 4.78 is 135. The molecule has 0 heterocycles. The Morgan fingerprint density at radius 1 is 0.568 bits per heavy atom. The number of hydrogen-bond acceptors (Lipinski definition) is 7. The van der Waals surface area contributed by atoms with E-state index in [1.54, 1.807) is 0 Å². The predicted octanol–water partition coefficient (Wildman–Crippen LogP) is 9.73. The highest BCUT2D eigenvalue weighted by atomic mass is 32.2. The molecule has 0 saturated carbocycles. The van der Waals surface area contributed by atoms with Crippen molar-refractivity contribution in [3.05, 3.63) is 98.0 Å². The van der Waals surface area contributed by atoms with Crippen molar-refractivity contribution in [2.45, 2.75) is 23.9 Å². The van der Waals surface area contributed by atoms with Gasteiger partial charge in [0.15, 0.2) is 0 Å². The van der Waals surface area contributed by atoms with Gasteiger partial charge in [-0.15, -0.1) is 48.8 Å². The Bertz CT molecular complexity index is 1370. The Labute approximate surface area is 266 Å². The van der Waals surface area contributed by atoms with Crippen LogP contribution in [0.2, 0.25) is 0 Å². The Morgan fingerprint density at radius 2 is 0.909 bits per heavy atom. The zero-order valence-corrected chi connectivity index (χ0v) is 25.6. The third-order valence-electron chi connectivity index (χ3n) is 5.98. The third kappa shape index (κ3) is 8.85. The molecule has 0 aliphatic carbocycles. The summed E-state index contributed by atoms with van der Waals surface area (Å²) in [6.07, 6.45) is -16.0. The van der Waals surface area contributed by atoms with E-state index in [4.69, 9.17) is 9.47 Å². The summed E-state index contributed by atoms with van der Waals surface area (Å²) in [6.45, 7) is 0.222.